The van der Waals surface area contributed by atoms with E-state index in [2.05, 4.69) is 15.4 Å². The van der Waals surface area contributed by atoms with Crippen molar-refractivity contribution in [3.63, 3.8) is 0 Å². The second kappa shape index (κ2) is 4.65. The average molecular weight is 208 g/mol. The molecule has 5 nitrogen and oxygen atoms in total. The number of nitrogens with zero attached hydrogens (tertiary/aromatic N) is 2. The van der Waals surface area contributed by atoms with Gasteiger partial charge in [0.15, 0.2) is 0 Å². The Morgan fingerprint density at radius 3 is 2.80 bits per heavy atom. The number of nitrogens with one attached hydrogen (secondary N) is 1. The molecule has 0 saturated carbocycles. The molecule has 0 amide bonds. The number of nitrogens with two attached hydrogens (primary N) is 1. The van der Waals surface area contributed by atoms with Crippen molar-refractivity contribution in [3.8, 4) is 0 Å². The van der Waals surface area contributed by atoms with Crippen molar-refractivity contribution < 1.29 is 4.74 Å². The molecule has 1 aromatic heterocycles. The van der Waals surface area contributed by atoms with Gasteiger partial charge in [-0.15, -0.1) is 0 Å². The van der Waals surface area contributed by atoms with Crippen LogP contribution in [0.5, 0.6) is 0 Å². The van der Waals surface area contributed by atoms with E-state index < -0.39 is 0 Å². The molecule has 3 N–H and O–H groups in total. The van der Waals surface area contributed by atoms with Gasteiger partial charge in [-0.1, -0.05) is 0 Å². The minimum Gasteiger partial charge on any atom is -0.381 e. The molecule has 0 aromatic carbocycles. The second-order valence-corrected chi connectivity index (χ2v) is 3.89. The molecule has 2 unspecified atom stereocenters. The van der Waals surface area contributed by atoms with E-state index in [1.54, 1.807) is 0 Å². The first-order valence-corrected chi connectivity index (χ1v) is 5.13. The van der Waals surface area contributed by atoms with Gasteiger partial charge in [0, 0.05) is 24.9 Å². The standard InChI is InChI=1S/C10H16N4O/c1-7-4-12-10(13-5-7)9(14-11)8-2-3-15-6-8/h4-5,8-9,14H,2-3,6,11H2,1H3. The number of hydrogen-bond acceptors (Lipinski definition) is 5. The van der Waals surface area contributed by atoms with Gasteiger partial charge in [0.2, 0.25) is 0 Å². The van der Waals surface area contributed by atoms with Crippen molar-refractivity contribution in [2.45, 2.75) is 19.4 Å². The lowest BCUT2D eigenvalue weighted by molar-refractivity contribution is 0.175. The molecule has 0 radical (unpaired) electrons. The highest BCUT2D eigenvalue weighted by atomic mass is 16.5. The average Bonchev–Trinajstić information content (AvgIpc) is 2.75. The Labute approximate surface area is 89.0 Å². The monoisotopic (exact) mass is 208 g/mol. The molecule has 0 aliphatic carbocycles. The summed E-state index contributed by atoms with van der Waals surface area (Å²) in [6, 6.07) is -0.00639. The van der Waals surface area contributed by atoms with Gasteiger partial charge in [0.25, 0.3) is 0 Å². The van der Waals surface area contributed by atoms with E-state index in [4.69, 9.17) is 10.6 Å². The van der Waals surface area contributed by atoms with Crippen LogP contribution in [0.2, 0.25) is 0 Å². The first-order valence-electron chi connectivity index (χ1n) is 5.13. The third-order valence-corrected chi connectivity index (χ3v) is 2.69. The lowest BCUT2D eigenvalue weighted by Crippen LogP contribution is -2.35. The largest absolute Gasteiger partial charge is 0.381 e. The van der Waals surface area contributed by atoms with Crippen molar-refractivity contribution in [2.24, 2.45) is 11.8 Å². The normalized spacial score (nSPS) is 22.9. The third kappa shape index (κ3) is 2.31. The SMILES string of the molecule is Cc1cnc(C(NN)C2CCOC2)nc1. The van der Waals surface area contributed by atoms with Crippen LogP contribution < -0.4 is 11.3 Å². The summed E-state index contributed by atoms with van der Waals surface area (Å²) < 4.78 is 5.33. The lowest BCUT2D eigenvalue weighted by atomic mass is 9.99. The number of hydrazine groups is 1. The topological polar surface area (TPSA) is 73.1 Å². The van der Waals surface area contributed by atoms with Crippen LogP contribution in [0.15, 0.2) is 12.4 Å². The van der Waals surface area contributed by atoms with E-state index in [9.17, 15) is 0 Å². The fourth-order valence-electron chi connectivity index (χ4n) is 1.80. The van der Waals surface area contributed by atoms with Gasteiger partial charge in [-0.2, -0.15) is 0 Å². The summed E-state index contributed by atoms with van der Waals surface area (Å²) in [5.74, 6) is 6.66. The summed E-state index contributed by atoms with van der Waals surface area (Å²) in [5, 5.41) is 0. The summed E-state index contributed by atoms with van der Waals surface area (Å²) in [6.45, 7) is 3.49. The van der Waals surface area contributed by atoms with E-state index >= 15 is 0 Å². The highest BCUT2D eigenvalue weighted by Gasteiger charge is 2.27. The van der Waals surface area contributed by atoms with Gasteiger partial charge in [0.05, 0.1) is 12.6 Å². The Balaban J connectivity index is 2.14. The van der Waals surface area contributed by atoms with Gasteiger partial charge in [-0.05, 0) is 18.9 Å². The molecule has 1 aliphatic heterocycles. The van der Waals surface area contributed by atoms with E-state index in [-0.39, 0.29) is 6.04 Å². The van der Waals surface area contributed by atoms with Crippen molar-refractivity contribution >= 4 is 0 Å². The minimum absolute atomic E-state index is 0.00639. The molecule has 0 bridgehead atoms. The number of aryl methyl sites for hydroxylation is 1. The highest BCUT2D eigenvalue weighted by molar-refractivity contribution is 5.05. The number of rotatable bonds is 3. The molecule has 1 aliphatic rings. The fourth-order valence-corrected chi connectivity index (χ4v) is 1.80. The predicted octanol–water partition coefficient (Wildman–Crippen LogP) is 0.326. The number of aromatic nitrogens is 2. The molecule has 1 aromatic rings. The zero-order valence-electron chi connectivity index (χ0n) is 8.81. The van der Waals surface area contributed by atoms with E-state index in [1.165, 1.54) is 0 Å². The molecule has 1 saturated heterocycles. The smallest absolute Gasteiger partial charge is 0.146 e. The van der Waals surface area contributed by atoms with E-state index in [1.807, 2.05) is 19.3 Å². The minimum atomic E-state index is -0.00639. The molecule has 15 heavy (non-hydrogen) atoms. The Morgan fingerprint density at radius 2 is 2.27 bits per heavy atom. The first kappa shape index (κ1) is 10.5. The molecule has 2 heterocycles. The van der Waals surface area contributed by atoms with Crippen LogP contribution in [-0.2, 0) is 4.74 Å². The van der Waals surface area contributed by atoms with Crippen LogP contribution in [0.25, 0.3) is 0 Å². The zero-order valence-corrected chi connectivity index (χ0v) is 8.81. The first-order chi connectivity index (χ1) is 7.31. The van der Waals surface area contributed by atoms with Gasteiger partial charge in [0.1, 0.15) is 5.82 Å². The van der Waals surface area contributed by atoms with Crippen LogP contribution in [0, 0.1) is 12.8 Å². The third-order valence-electron chi connectivity index (χ3n) is 2.69. The van der Waals surface area contributed by atoms with Crippen molar-refractivity contribution in [1.82, 2.24) is 15.4 Å². The summed E-state index contributed by atoms with van der Waals surface area (Å²) in [7, 11) is 0. The molecule has 5 heteroatoms. The highest BCUT2D eigenvalue weighted by Crippen LogP contribution is 2.25. The summed E-state index contributed by atoms with van der Waals surface area (Å²) in [6.07, 6.45) is 4.62. The molecule has 82 valence electrons. The van der Waals surface area contributed by atoms with Crippen LogP contribution in [-0.4, -0.2) is 23.2 Å². The lowest BCUT2D eigenvalue weighted by Gasteiger charge is -2.19. The molecule has 0 spiro atoms. The second-order valence-electron chi connectivity index (χ2n) is 3.89. The summed E-state index contributed by atoms with van der Waals surface area (Å²) in [4.78, 5) is 8.57. The van der Waals surface area contributed by atoms with Crippen LogP contribution in [0.3, 0.4) is 0 Å². The molecule has 1 fully saturated rings. The Bertz CT molecular complexity index is 308. The predicted molar refractivity (Wildman–Crippen MR) is 55.8 cm³/mol. The van der Waals surface area contributed by atoms with Crippen LogP contribution in [0.4, 0.5) is 0 Å². The number of ether oxygens (including phenoxy) is 1. The summed E-state index contributed by atoms with van der Waals surface area (Å²) >= 11 is 0. The summed E-state index contributed by atoms with van der Waals surface area (Å²) in [5.41, 5.74) is 3.83. The maximum absolute atomic E-state index is 5.54. The Hall–Kier alpha value is -1.04. The van der Waals surface area contributed by atoms with Gasteiger partial charge in [-0.3, -0.25) is 5.84 Å². The number of hydrogen-bond donors (Lipinski definition) is 2. The van der Waals surface area contributed by atoms with Crippen LogP contribution in [0.1, 0.15) is 23.9 Å². The van der Waals surface area contributed by atoms with Crippen LogP contribution >= 0.6 is 0 Å². The maximum Gasteiger partial charge on any atom is 0.146 e. The molecular weight excluding hydrogens is 192 g/mol. The maximum atomic E-state index is 5.54. The van der Waals surface area contributed by atoms with Crippen molar-refractivity contribution in [3.05, 3.63) is 23.8 Å². The quantitative estimate of drug-likeness (QED) is 0.553. The zero-order chi connectivity index (χ0) is 10.7. The van der Waals surface area contributed by atoms with Gasteiger partial charge < -0.3 is 4.74 Å². The molecule has 2 rings (SSSR count). The van der Waals surface area contributed by atoms with Crippen molar-refractivity contribution in [2.75, 3.05) is 13.2 Å². The Kier molecular flexibility index (Phi) is 3.25. The van der Waals surface area contributed by atoms with Gasteiger partial charge in [-0.25, -0.2) is 15.4 Å². The molecular formula is C10H16N4O. The van der Waals surface area contributed by atoms with Crippen molar-refractivity contribution in [1.29, 1.82) is 0 Å². The Morgan fingerprint density at radius 1 is 1.53 bits per heavy atom. The molecule has 2 atom stereocenters. The van der Waals surface area contributed by atoms with E-state index in [0.717, 1.165) is 31.0 Å². The van der Waals surface area contributed by atoms with E-state index in [0.29, 0.717) is 5.92 Å². The fraction of sp³-hybridized carbons (Fsp3) is 0.600. The van der Waals surface area contributed by atoms with Gasteiger partial charge >= 0.3 is 0 Å².